The molecule has 3 aromatic rings. The average molecular weight is 429 g/mol. The number of nitrogens with zero attached hydrogens (tertiary/aromatic N) is 2. The van der Waals surface area contributed by atoms with Crippen LogP contribution in [-0.4, -0.2) is 27.1 Å². The number of phenols is 2. The smallest absolute Gasteiger partial charge is 0.262 e. The van der Waals surface area contributed by atoms with Crippen LogP contribution in [-0.2, 0) is 6.42 Å². The lowest BCUT2D eigenvalue weighted by molar-refractivity contribution is 0.0972. The Morgan fingerprint density at radius 2 is 1.90 bits per heavy atom. The first-order valence-corrected chi connectivity index (χ1v) is 9.91. The van der Waals surface area contributed by atoms with Crippen molar-refractivity contribution in [3.05, 3.63) is 69.8 Å². The molecule has 1 atom stereocenters. The molecule has 1 aromatic heterocycles. The number of hydrogen-bond acceptors (Lipinski definition) is 4. The molecule has 4 rings (SSSR count). The van der Waals surface area contributed by atoms with Crippen molar-refractivity contribution in [2.45, 2.75) is 25.8 Å². The number of aromatic hydroxyl groups is 2. The molecule has 1 aliphatic rings. The number of benzene rings is 2. The van der Waals surface area contributed by atoms with Crippen molar-refractivity contribution >= 4 is 34.8 Å². The van der Waals surface area contributed by atoms with Crippen LogP contribution in [0.2, 0.25) is 10.0 Å². The fourth-order valence-corrected chi connectivity index (χ4v) is 4.05. The molecule has 0 spiro atoms. The quantitative estimate of drug-likeness (QED) is 0.568. The molecule has 0 saturated heterocycles. The van der Waals surface area contributed by atoms with Gasteiger partial charge in [0, 0.05) is 29.6 Å². The zero-order chi connectivity index (χ0) is 20.7. The lowest BCUT2D eigenvalue weighted by atomic mass is 9.93. The third-order valence-electron chi connectivity index (χ3n) is 5.16. The Morgan fingerprint density at radius 3 is 2.66 bits per heavy atom. The summed E-state index contributed by atoms with van der Waals surface area (Å²) < 4.78 is 0. The molecule has 29 heavy (non-hydrogen) atoms. The number of carbonyl (C=O) groups is 1. The van der Waals surface area contributed by atoms with Gasteiger partial charge in [-0.2, -0.15) is 0 Å². The average Bonchev–Trinajstić information content (AvgIpc) is 2.70. The summed E-state index contributed by atoms with van der Waals surface area (Å²) >= 11 is 12.2. The SMILES string of the molecule is CC1CCc2cc(-c3ncccc3Cl)ccc2N1C(=O)c1cc(Cl)c(O)cc1O. The van der Waals surface area contributed by atoms with Gasteiger partial charge in [-0.3, -0.25) is 9.78 Å². The Balaban J connectivity index is 1.77. The zero-order valence-corrected chi connectivity index (χ0v) is 17.1. The molecule has 0 radical (unpaired) electrons. The maximum Gasteiger partial charge on any atom is 0.262 e. The number of pyridine rings is 1. The first-order valence-electron chi connectivity index (χ1n) is 9.15. The molecule has 0 saturated carbocycles. The van der Waals surface area contributed by atoms with Crippen LogP contribution in [0.3, 0.4) is 0 Å². The molecule has 1 amide bonds. The summed E-state index contributed by atoms with van der Waals surface area (Å²) in [7, 11) is 0. The molecule has 0 bridgehead atoms. The number of carbonyl (C=O) groups excluding carboxylic acids is 1. The minimum Gasteiger partial charge on any atom is -0.507 e. The van der Waals surface area contributed by atoms with Crippen LogP contribution in [0.15, 0.2) is 48.7 Å². The summed E-state index contributed by atoms with van der Waals surface area (Å²) in [6.07, 6.45) is 3.27. The van der Waals surface area contributed by atoms with E-state index in [1.54, 1.807) is 23.2 Å². The predicted octanol–water partition coefficient (Wildman–Crippen LogP) is 5.45. The van der Waals surface area contributed by atoms with E-state index in [2.05, 4.69) is 4.98 Å². The normalized spacial score (nSPS) is 15.8. The number of phenolic OH excluding ortho intramolecular Hbond substituents is 2. The number of hydrogen-bond donors (Lipinski definition) is 2. The van der Waals surface area contributed by atoms with Crippen LogP contribution in [0.1, 0.15) is 29.3 Å². The van der Waals surface area contributed by atoms with E-state index in [1.807, 2.05) is 25.1 Å². The highest BCUT2D eigenvalue weighted by atomic mass is 35.5. The van der Waals surface area contributed by atoms with E-state index < -0.39 is 0 Å². The number of rotatable bonds is 2. The molecule has 148 valence electrons. The van der Waals surface area contributed by atoms with Gasteiger partial charge in [0.1, 0.15) is 11.5 Å². The second-order valence-corrected chi connectivity index (χ2v) is 7.88. The highest BCUT2D eigenvalue weighted by molar-refractivity contribution is 6.33. The second kappa shape index (κ2) is 7.58. The van der Waals surface area contributed by atoms with Crippen molar-refractivity contribution in [3.63, 3.8) is 0 Å². The summed E-state index contributed by atoms with van der Waals surface area (Å²) in [6.45, 7) is 1.96. The molecule has 0 fully saturated rings. The van der Waals surface area contributed by atoms with E-state index >= 15 is 0 Å². The molecule has 2 aromatic carbocycles. The molecular weight excluding hydrogens is 411 g/mol. The Kier molecular flexibility index (Phi) is 5.11. The monoisotopic (exact) mass is 428 g/mol. The summed E-state index contributed by atoms with van der Waals surface area (Å²) in [5.41, 5.74) is 3.39. The standard InChI is InChI=1S/C22H18Cl2N2O3/c1-12-4-5-13-9-14(21-16(23)3-2-8-25-21)6-7-18(13)26(12)22(29)15-10-17(24)20(28)11-19(15)27/h2-3,6-12,27-28H,4-5H2,1H3. The van der Waals surface area contributed by atoms with Crippen LogP contribution in [0.5, 0.6) is 11.5 Å². The highest BCUT2D eigenvalue weighted by Gasteiger charge is 2.31. The van der Waals surface area contributed by atoms with Crippen LogP contribution >= 0.6 is 23.2 Å². The highest BCUT2D eigenvalue weighted by Crippen LogP contribution is 2.38. The minimum atomic E-state index is -0.374. The van der Waals surface area contributed by atoms with Crippen LogP contribution in [0.25, 0.3) is 11.3 Å². The number of aryl methyl sites for hydroxylation is 1. The van der Waals surface area contributed by atoms with Gasteiger partial charge in [0.15, 0.2) is 0 Å². The van der Waals surface area contributed by atoms with E-state index in [1.165, 1.54) is 6.07 Å². The Hall–Kier alpha value is -2.76. The van der Waals surface area contributed by atoms with E-state index in [-0.39, 0.29) is 34.0 Å². The van der Waals surface area contributed by atoms with Gasteiger partial charge in [-0.15, -0.1) is 0 Å². The Morgan fingerprint density at radius 1 is 1.10 bits per heavy atom. The summed E-state index contributed by atoms with van der Waals surface area (Å²) in [5.74, 6) is -0.959. The van der Waals surface area contributed by atoms with Crippen molar-refractivity contribution in [1.82, 2.24) is 4.98 Å². The van der Waals surface area contributed by atoms with Crippen molar-refractivity contribution in [1.29, 1.82) is 0 Å². The molecule has 7 heteroatoms. The molecule has 1 unspecified atom stereocenters. The molecule has 2 N–H and O–H groups in total. The Bertz CT molecular complexity index is 1120. The fourth-order valence-electron chi connectivity index (χ4n) is 3.66. The molecule has 1 aliphatic heterocycles. The first-order chi connectivity index (χ1) is 13.9. The van der Waals surface area contributed by atoms with Crippen LogP contribution in [0, 0.1) is 0 Å². The number of fused-ring (bicyclic) bond motifs is 1. The number of amides is 1. The van der Waals surface area contributed by atoms with Crippen LogP contribution in [0.4, 0.5) is 5.69 Å². The van der Waals surface area contributed by atoms with E-state index in [0.29, 0.717) is 10.7 Å². The maximum atomic E-state index is 13.3. The number of halogens is 2. The van der Waals surface area contributed by atoms with Gasteiger partial charge in [0.25, 0.3) is 5.91 Å². The summed E-state index contributed by atoms with van der Waals surface area (Å²) in [6, 6.07) is 11.6. The molecule has 2 heterocycles. The first kappa shape index (κ1) is 19.6. The van der Waals surface area contributed by atoms with Crippen molar-refractivity contribution in [3.8, 4) is 22.8 Å². The van der Waals surface area contributed by atoms with Gasteiger partial charge in [-0.25, -0.2) is 0 Å². The maximum absolute atomic E-state index is 13.3. The molecule has 5 nitrogen and oxygen atoms in total. The lowest BCUT2D eigenvalue weighted by Crippen LogP contribution is -2.42. The van der Waals surface area contributed by atoms with Gasteiger partial charge in [-0.1, -0.05) is 29.3 Å². The van der Waals surface area contributed by atoms with Crippen molar-refractivity contribution in [2.75, 3.05) is 4.90 Å². The van der Waals surface area contributed by atoms with Gasteiger partial charge in [0.05, 0.1) is 21.3 Å². The van der Waals surface area contributed by atoms with Crippen molar-refractivity contribution < 1.29 is 15.0 Å². The topological polar surface area (TPSA) is 73.7 Å². The van der Waals surface area contributed by atoms with Gasteiger partial charge < -0.3 is 15.1 Å². The van der Waals surface area contributed by atoms with Gasteiger partial charge in [0.2, 0.25) is 0 Å². The van der Waals surface area contributed by atoms with E-state index in [0.717, 1.165) is 35.7 Å². The van der Waals surface area contributed by atoms with Crippen molar-refractivity contribution in [2.24, 2.45) is 0 Å². The number of aromatic nitrogens is 1. The van der Waals surface area contributed by atoms with Crippen LogP contribution < -0.4 is 4.90 Å². The third-order valence-corrected chi connectivity index (χ3v) is 5.77. The molecular formula is C22H18Cl2N2O3. The second-order valence-electron chi connectivity index (χ2n) is 7.06. The van der Waals surface area contributed by atoms with Gasteiger partial charge in [-0.05, 0) is 55.7 Å². The molecule has 0 aliphatic carbocycles. The third kappa shape index (κ3) is 3.52. The number of anilines is 1. The van der Waals surface area contributed by atoms with E-state index in [9.17, 15) is 15.0 Å². The zero-order valence-electron chi connectivity index (χ0n) is 15.6. The largest absolute Gasteiger partial charge is 0.507 e. The predicted molar refractivity (Wildman–Crippen MR) is 114 cm³/mol. The van der Waals surface area contributed by atoms with E-state index in [4.69, 9.17) is 23.2 Å². The lowest BCUT2D eigenvalue weighted by Gasteiger charge is -2.35. The summed E-state index contributed by atoms with van der Waals surface area (Å²) in [5, 5.41) is 20.4. The fraction of sp³-hybridized carbons (Fsp3) is 0.182. The summed E-state index contributed by atoms with van der Waals surface area (Å²) in [4.78, 5) is 19.3. The van der Waals surface area contributed by atoms with Gasteiger partial charge >= 0.3 is 0 Å². The minimum absolute atomic E-state index is 0.0103. The Labute approximate surface area is 178 Å².